The topological polar surface area (TPSA) is 42.7 Å². The van der Waals surface area contributed by atoms with E-state index in [1.54, 1.807) is 7.11 Å². The Labute approximate surface area is 148 Å². The maximum absolute atomic E-state index is 13.1. The van der Waals surface area contributed by atoms with E-state index in [2.05, 4.69) is 0 Å². The number of benzene rings is 1. The summed E-state index contributed by atoms with van der Waals surface area (Å²) in [4.78, 5) is 14.9. The van der Waals surface area contributed by atoms with E-state index in [1.165, 1.54) is 0 Å². The molecule has 1 aliphatic rings. The minimum Gasteiger partial charge on any atom is -0.497 e. The van der Waals surface area contributed by atoms with Gasteiger partial charge in [-0.1, -0.05) is 12.1 Å². The first-order valence-corrected chi connectivity index (χ1v) is 8.33. The lowest BCUT2D eigenvalue weighted by molar-refractivity contribution is -0.684. The molecule has 0 N–H and O–H groups in total. The van der Waals surface area contributed by atoms with Crippen molar-refractivity contribution in [2.75, 3.05) is 25.2 Å². The number of rotatable bonds is 5. The van der Waals surface area contributed by atoms with Crippen molar-refractivity contribution in [1.29, 1.82) is 0 Å². The lowest BCUT2D eigenvalue weighted by atomic mass is 10.0. The van der Waals surface area contributed by atoms with Crippen LogP contribution in [0.25, 0.3) is 0 Å². The van der Waals surface area contributed by atoms with E-state index in [9.17, 15) is 4.79 Å². The van der Waals surface area contributed by atoms with Crippen molar-refractivity contribution in [3.05, 3.63) is 66.5 Å². The van der Waals surface area contributed by atoms with Crippen LogP contribution in [0.3, 0.4) is 0 Å². The first kappa shape index (κ1) is 17.2. The molecular weight excluding hydrogens is 316 g/mol. The summed E-state index contributed by atoms with van der Waals surface area (Å²) in [5, 5.41) is 0. The zero-order chi connectivity index (χ0) is 17.6. The van der Waals surface area contributed by atoms with Gasteiger partial charge in [0.1, 0.15) is 5.75 Å². The fraction of sp³-hybridized carbons (Fsp3) is 0.300. The minimum atomic E-state index is -0.0982. The van der Waals surface area contributed by atoms with Gasteiger partial charge >= 0.3 is 0 Å². The standard InChI is InChI=1S/C20H23N2O3/c1-16-10-13-25-15-19(16)22(17-6-8-18(24-2)9-7-17)20(23)14-21-11-4-3-5-12-21/h3-12,19H,13-15H2,1-2H3/q+1/t19-/m1/s1. The van der Waals surface area contributed by atoms with Crippen molar-refractivity contribution in [2.45, 2.75) is 19.5 Å². The molecule has 2 aromatic rings. The molecule has 0 aliphatic carbocycles. The second-order valence-electron chi connectivity index (χ2n) is 6.01. The molecule has 25 heavy (non-hydrogen) atoms. The Bertz CT molecular complexity index is 741. The highest BCUT2D eigenvalue weighted by molar-refractivity contribution is 5.93. The van der Waals surface area contributed by atoms with E-state index >= 15 is 0 Å². The normalized spacial score (nSPS) is 16.9. The Morgan fingerprint density at radius 1 is 1.24 bits per heavy atom. The van der Waals surface area contributed by atoms with Gasteiger partial charge in [-0.3, -0.25) is 9.69 Å². The van der Waals surface area contributed by atoms with Gasteiger partial charge in [0.25, 0.3) is 5.91 Å². The van der Waals surface area contributed by atoms with Crippen LogP contribution in [-0.2, 0) is 16.1 Å². The third kappa shape index (κ3) is 4.06. The zero-order valence-electron chi connectivity index (χ0n) is 14.6. The van der Waals surface area contributed by atoms with Gasteiger partial charge in [-0.2, -0.15) is 4.57 Å². The van der Waals surface area contributed by atoms with E-state index in [4.69, 9.17) is 9.47 Å². The molecule has 0 radical (unpaired) electrons. The molecule has 0 bridgehead atoms. The van der Waals surface area contributed by atoms with E-state index < -0.39 is 0 Å². The van der Waals surface area contributed by atoms with Gasteiger partial charge in [0.05, 0.1) is 26.4 Å². The van der Waals surface area contributed by atoms with Gasteiger partial charge in [0.2, 0.25) is 6.54 Å². The molecule has 1 aromatic carbocycles. The summed E-state index contributed by atoms with van der Waals surface area (Å²) >= 11 is 0. The van der Waals surface area contributed by atoms with E-state index in [0.717, 1.165) is 17.0 Å². The van der Waals surface area contributed by atoms with E-state index in [1.807, 2.05) is 77.3 Å². The molecule has 0 saturated carbocycles. The molecule has 1 aliphatic heterocycles. The zero-order valence-corrected chi connectivity index (χ0v) is 14.6. The summed E-state index contributed by atoms with van der Waals surface area (Å²) in [7, 11) is 1.63. The van der Waals surface area contributed by atoms with Gasteiger partial charge in [-0.25, -0.2) is 0 Å². The Kier molecular flexibility index (Phi) is 5.46. The number of nitrogens with zero attached hydrogens (tertiary/aromatic N) is 2. The Hall–Kier alpha value is -2.66. The lowest BCUT2D eigenvalue weighted by Gasteiger charge is -2.33. The van der Waals surface area contributed by atoms with Crippen molar-refractivity contribution < 1.29 is 18.8 Å². The molecule has 2 heterocycles. The Morgan fingerprint density at radius 2 is 1.96 bits per heavy atom. The summed E-state index contributed by atoms with van der Waals surface area (Å²) in [5.41, 5.74) is 1.99. The number of hydrogen-bond acceptors (Lipinski definition) is 3. The van der Waals surface area contributed by atoms with E-state index in [-0.39, 0.29) is 18.5 Å². The minimum absolute atomic E-state index is 0.0182. The summed E-state index contributed by atoms with van der Waals surface area (Å²) in [6.07, 6.45) is 5.82. The van der Waals surface area contributed by atoms with Crippen molar-refractivity contribution in [1.82, 2.24) is 0 Å². The van der Waals surface area contributed by atoms with Crippen LogP contribution in [0.15, 0.2) is 66.5 Å². The third-order valence-electron chi connectivity index (χ3n) is 4.35. The van der Waals surface area contributed by atoms with Crippen molar-refractivity contribution >= 4 is 11.6 Å². The van der Waals surface area contributed by atoms with Crippen LogP contribution >= 0.6 is 0 Å². The van der Waals surface area contributed by atoms with Crippen LogP contribution in [-0.4, -0.2) is 32.3 Å². The molecule has 3 rings (SSSR count). The van der Waals surface area contributed by atoms with E-state index in [0.29, 0.717) is 13.2 Å². The SMILES string of the molecule is COc1ccc(N(C(=O)C[n+]2ccccc2)[C@@H]2COCC=C2C)cc1. The fourth-order valence-corrected chi connectivity index (χ4v) is 2.93. The highest BCUT2D eigenvalue weighted by Gasteiger charge is 2.30. The number of carbonyl (C=O) groups is 1. The number of pyridine rings is 1. The van der Waals surface area contributed by atoms with Crippen LogP contribution in [0.5, 0.6) is 5.75 Å². The second kappa shape index (κ2) is 7.94. The van der Waals surface area contributed by atoms with Gasteiger partial charge in [-0.15, -0.1) is 0 Å². The van der Waals surface area contributed by atoms with Gasteiger partial charge in [0, 0.05) is 17.8 Å². The van der Waals surface area contributed by atoms with Crippen LogP contribution in [0.2, 0.25) is 0 Å². The maximum Gasteiger partial charge on any atom is 0.293 e. The van der Waals surface area contributed by atoms with Crippen LogP contribution in [0.1, 0.15) is 6.92 Å². The number of methoxy groups -OCH3 is 1. The number of anilines is 1. The Balaban J connectivity index is 1.91. The molecule has 5 heteroatoms. The third-order valence-corrected chi connectivity index (χ3v) is 4.35. The first-order valence-electron chi connectivity index (χ1n) is 8.33. The molecule has 5 nitrogen and oxygen atoms in total. The smallest absolute Gasteiger partial charge is 0.293 e. The largest absolute Gasteiger partial charge is 0.497 e. The summed E-state index contributed by atoms with van der Waals surface area (Å²) < 4.78 is 12.7. The lowest BCUT2D eigenvalue weighted by Crippen LogP contribution is -2.51. The van der Waals surface area contributed by atoms with Crippen LogP contribution < -0.4 is 14.2 Å². The number of carbonyl (C=O) groups excluding carboxylic acids is 1. The second-order valence-corrected chi connectivity index (χ2v) is 6.01. The summed E-state index contributed by atoms with van der Waals surface area (Å²) in [6, 6.07) is 13.2. The average Bonchev–Trinajstić information content (AvgIpc) is 2.65. The molecule has 1 atom stereocenters. The predicted octanol–water partition coefficient (Wildman–Crippen LogP) is 2.36. The molecule has 0 spiro atoms. The van der Waals surface area contributed by atoms with Gasteiger partial charge in [-0.05, 0) is 36.8 Å². The molecule has 0 fully saturated rings. The molecule has 130 valence electrons. The monoisotopic (exact) mass is 339 g/mol. The van der Waals surface area contributed by atoms with Crippen LogP contribution in [0.4, 0.5) is 5.69 Å². The molecular formula is C20H23N2O3+. The van der Waals surface area contributed by atoms with Crippen LogP contribution in [0, 0.1) is 0 Å². The summed E-state index contributed by atoms with van der Waals surface area (Å²) in [6.45, 7) is 3.42. The number of amides is 1. The number of aromatic nitrogens is 1. The Morgan fingerprint density at radius 3 is 2.60 bits per heavy atom. The molecule has 0 unspecified atom stereocenters. The highest BCUT2D eigenvalue weighted by atomic mass is 16.5. The summed E-state index contributed by atoms with van der Waals surface area (Å²) in [5.74, 6) is 0.783. The maximum atomic E-state index is 13.1. The average molecular weight is 339 g/mol. The quantitative estimate of drug-likeness (QED) is 0.620. The fourth-order valence-electron chi connectivity index (χ4n) is 2.93. The highest BCUT2D eigenvalue weighted by Crippen LogP contribution is 2.25. The van der Waals surface area contributed by atoms with Crippen molar-refractivity contribution in [3.8, 4) is 5.75 Å². The van der Waals surface area contributed by atoms with Crippen molar-refractivity contribution in [3.63, 3.8) is 0 Å². The van der Waals surface area contributed by atoms with Gasteiger partial charge in [0.15, 0.2) is 12.4 Å². The molecule has 1 amide bonds. The predicted molar refractivity (Wildman–Crippen MR) is 95.5 cm³/mol. The molecule has 1 aromatic heterocycles. The number of ether oxygens (including phenoxy) is 2. The molecule has 0 saturated heterocycles. The first-order chi connectivity index (χ1) is 12.2. The van der Waals surface area contributed by atoms with Gasteiger partial charge < -0.3 is 9.47 Å². The number of hydrogen-bond donors (Lipinski definition) is 0. The van der Waals surface area contributed by atoms with Crippen molar-refractivity contribution in [2.24, 2.45) is 0 Å².